The number of hydrogen-bond donors (Lipinski definition) is 1. The van der Waals surface area contributed by atoms with Crippen LogP contribution in [0.5, 0.6) is 5.75 Å². The molecule has 3 aromatic rings. The molecule has 0 unspecified atom stereocenters. The summed E-state index contributed by atoms with van der Waals surface area (Å²) in [7, 11) is 1.74. The lowest BCUT2D eigenvalue weighted by atomic mass is 9.98. The second-order valence-electron chi connectivity index (χ2n) is 8.63. The quantitative estimate of drug-likeness (QED) is 0.583. The number of carbonyl (C=O) groups excluding carboxylic acids is 1. The molecule has 2 aliphatic rings. The van der Waals surface area contributed by atoms with Gasteiger partial charge in [0.2, 0.25) is 0 Å². The molecule has 2 aliphatic heterocycles. The SMILES string of the molecule is COc1cccc2cc3n(c12)CCN(CCCCNC(=O)C1=NCc2ccccc2C1)C3. The van der Waals surface area contributed by atoms with Crippen molar-refractivity contribution >= 4 is 22.5 Å². The van der Waals surface area contributed by atoms with Gasteiger partial charge in [-0.15, -0.1) is 0 Å². The van der Waals surface area contributed by atoms with E-state index >= 15 is 0 Å². The van der Waals surface area contributed by atoms with Crippen LogP contribution in [-0.2, 0) is 30.8 Å². The molecule has 166 valence electrons. The van der Waals surface area contributed by atoms with Gasteiger partial charge in [-0.25, -0.2) is 0 Å². The first-order chi connectivity index (χ1) is 15.7. The Morgan fingerprint density at radius 2 is 1.97 bits per heavy atom. The fourth-order valence-electron chi connectivity index (χ4n) is 4.85. The molecule has 0 atom stereocenters. The average Bonchev–Trinajstić information content (AvgIpc) is 3.21. The highest BCUT2D eigenvalue weighted by Crippen LogP contribution is 2.31. The standard InChI is InChI=1S/C26H30N4O2/c1-32-24-10-6-9-20-15-22-18-29(13-14-30(22)25(20)24)12-5-4-11-27-26(31)23-16-19-7-2-3-8-21(19)17-28-23/h2-3,6-10,15H,4-5,11-14,16-18H2,1H3,(H,27,31). The lowest BCUT2D eigenvalue weighted by molar-refractivity contribution is -0.114. The molecule has 32 heavy (non-hydrogen) atoms. The van der Waals surface area contributed by atoms with Crippen molar-refractivity contribution in [1.82, 2.24) is 14.8 Å². The molecule has 0 bridgehead atoms. The third-order valence-corrected chi connectivity index (χ3v) is 6.58. The molecule has 1 amide bonds. The number of carbonyl (C=O) groups is 1. The zero-order valence-electron chi connectivity index (χ0n) is 18.6. The summed E-state index contributed by atoms with van der Waals surface area (Å²) in [4.78, 5) is 19.5. The van der Waals surface area contributed by atoms with Crippen LogP contribution < -0.4 is 10.1 Å². The largest absolute Gasteiger partial charge is 0.495 e. The molecule has 0 radical (unpaired) electrons. The summed E-state index contributed by atoms with van der Waals surface area (Å²) in [6, 6.07) is 16.8. The molecule has 0 fully saturated rings. The van der Waals surface area contributed by atoms with Crippen molar-refractivity contribution in [2.45, 2.75) is 38.9 Å². The van der Waals surface area contributed by atoms with Gasteiger partial charge < -0.3 is 14.6 Å². The first kappa shape index (κ1) is 20.8. The molecule has 0 spiro atoms. The number of rotatable bonds is 7. The van der Waals surface area contributed by atoms with Gasteiger partial charge in [-0.1, -0.05) is 36.4 Å². The summed E-state index contributed by atoms with van der Waals surface area (Å²) in [5, 5.41) is 4.31. The van der Waals surface area contributed by atoms with E-state index in [4.69, 9.17) is 4.74 Å². The van der Waals surface area contributed by atoms with Crippen molar-refractivity contribution in [3.8, 4) is 5.75 Å². The van der Waals surface area contributed by atoms with Gasteiger partial charge in [0.15, 0.2) is 0 Å². The predicted octanol–water partition coefficient (Wildman–Crippen LogP) is 3.56. The minimum atomic E-state index is -0.0176. The summed E-state index contributed by atoms with van der Waals surface area (Å²) < 4.78 is 7.97. The Hall–Kier alpha value is -3.12. The van der Waals surface area contributed by atoms with Gasteiger partial charge in [0.1, 0.15) is 11.5 Å². The lowest BCUT2D eigenvalue weighted by Crippen LogP contribution is -2.36. The molecule has 0 aliphatic carbocycles. The van der Waals surface area contributed by atoms with E-state index in [1.165, 1.54) is 27.7 Å². The third kappa shape index (κ3) is 4.15. The normalized spacial score (nSPS) is 15.7. The van der Waals surface area contributed by atoms with E-state index in [-0.39, 0.29) is 5.91 Å². The van der Waals surface area contributed by atoms with Gasteiger partial charge in [0, 0.05) is 43.7 Å². The van der Waals surface area contributed by atoms with Gasteiger partial charge in [-0.05, 0) is 42.6 Å². The summed E-state index contributed by atoms with van der Waals surface area (Å²) >= 11 is 0. The van der Waals surface area contributed by atoms with Crippen LogP contribution in [0.2, 0.25) is 0 Å². The van der Waals surface area contributed by atoms with Crippen molar-refractivity contribution in [2.24, 2.45) is 4.99 Å². The fraction of sp³-hybridized carbons (Fsp3) is 0.385. The van der Waals surface area contributed by atoms with Crippen LogP contribution in [0, 0.1) is 0 Å². The first-order valence-corrected chi connectivity index (χ1v) is 11.5. The number of nitrogens with one attached hydrogen (secondary N) is 1. The van der Waals surface area contributed by atoms with Crippen LogP contribution in [0.1, 0.15) is 29.7 Å². The van der Waals surface area contributed by atoms with Crippen molar-refractivity contribution in [3.05, 3.63) is 65.4 Å². The number of aromatic nitrogens is 1. The number of ether oxygens (including phenoxy) is 1. The molecule has 3 heterocycles. The van der Waals surface area contributed by atoms with E-state index in [9.17, 15) is 4.79 Å². The summed E-state index contributed by atoms with van der Waals surface area (Å²) in [5.41, 5.74) is 5.65. The third-order valence-electron chi connectivity index (χ3n) is 6.58. The molecule has 1 N–H and O–H groups in total. The predicted molar refractivity (Wildman–Crippen MR) is 127 cm³/mol. The summed E-state index contributed by atoms with van der Waals surface area (Å²) in [5.74, 6) is 0.931. The van der Waals surface area contributed by atoms with Crippen LogP contribution in [0.3, 0.4) is 0 Å². The highest BCUT2D eigenvalue weighted by Gasteiger charge is 2.20. The van der Waals surface area contributed by atoms with E-state index < -0.39 is 0 Å². The van der Waals surface area contributed by atoms with E-state index in [1.807, 2.05) is 18.2 Å². The Bertz CT molecular complexity index is 1160. The van der Waals surface area contributed by atoms with E-state index in [2.05, 4.69) is 50.1 Å². The molecular weight excluding hydrogens is 400 g/mol. The number of nitrogens with zero attached hydrogens (tertiary/aromatic N) is 3. The average molecular weight is 431 g/mol. The van der Waals surface area contributed by atoms with Crippen molar-refractivity contribution in [2.75, 3.05) is 26.7 Å². The number of methoxy groups -OCH3 is 1. The smallest absolute Gasteiger partial charge is 0.265 e. The second kappa shape index (κ2) is 9.17. The number of para-hydroxylation sites is 1. The van der Waals surface area contributed by atoms with Gasteiger partial charge in [-0.2, -0.15) is 0 Å². The number of benzene rings is 2. The summed E-state index contributed by atoms with van der Waals surface area (Å²) in [6.07, 6.45) is 2.68. The van der Waals surface area contributed by atoms with Gasteiger partial charge in [0.25, 0.3) is 5.91 Å². The van der Waals surface area contributed by atoms with Crippen LogP contribution in [0.25, 0.3) is 10.9 Å². The maximum absolute atomic E-state index is 12.5. The monoisotopic (exact) mass is 430 g/mol. The van der Waals surface area contributed by atoms with Crippen LogP contribution in [-0.4, -0.2) is 47.8 Å². The Labute approximate surface area is 188 Å². The van der Waals surface area contributed by atoms with Gasteiger partial charge in [-0.3, -0.25) is 14.7 Å². The fourth-order valence-corrected chi connectivity index (χ4v) is 4.85. The Kier molecular flexibility index (Phi) is 5.95. The molecule has 6 nitrogen and oxygen atoms in total. The lowest BCUT2D eigenvalue weighted by Gasteiger charge is -2.29. The minimum absolute atomic E-state index is 0.0176. The van der Waals surface area contributed by atoms with E-state index in [0.717, 1.165) is 44.8 Å². The number of amides is 1. The zero-order chi connectivity index (χ0) is 21.9. The number of hydrogen-bond acceptors (Lipinski definition) is 4. The van der Waals surface area contributed by atoms with Gasteiger partial charge in [0.05, 0.1) is 19.2 Å². The second-order valence-corrected chi connectivity index (χ2v) is 8.63. The summed E-state index contributed by atoms with van der Waals surface area (Å²) in [6.45, 7) is 5.33. The first-order valence-electron chi connectivity index (χ1n) is 11.5. The molecule has 2 aromatic carbocycles. The molecule has 1 aromatic heterocycles. The molecular formula is C26H30N4O2. The number of fused-ring (bicyclic) bond motifs is 4. The zero-order valence-corrected chi connectivity index (χ0v) is 18.6. The maximum Gasteiger partial charge on any atom is 0.265 e. The topological polar surface area (TPSA) is 58.9 Å². The minimum Gasteiger partial charge on any atom is -0.495 e. The highest BCUT2D eigenvalue weighted by atomic mass is 16.5. The molecule has 0 saturated carbocycles. The van der Waals surface area contributed by atoms with Crippen LogP contribution >= 0.6 is 0 Å². The van der Waals surface area contributed by atoms with Crippen molar-refractivity contribution in [3.63, 3.8) is 0 Å². The Balaban J connectivity index is 1.07. The maximum atomic E-state index is 12.5. The Morgan fingerprint density at radius 1 is 1.09 bits per heavy atom. The Morgan fingerprint density at radius 3 is 2.84 bits per heavy atom. The van der Waals surface area contributed by atoms with Crippen molar-refractivity contribution in [1.29, 1.82) is 0 Å². The highest BCUT2D eigenvalue weighted by molar-refractivity contribution is 6.39. The van der Waals surface area contributed by atoms with Gasteiger partial charge >= 0.3 is 0 Å². The van der Waals surface area contributed by atoms with E-state index in [0.29, 0.717) is 25.2 Å². The molecule has 6 heteroatoms. The molecule has 5 rings (SSSR count). The molecule has 0 saturated heterocycles. The number of unbranched alkanes of at least 4 members (excludes halogenated alkanes) is 1. The van der Waals surface area contributed by atoms with Crippen LogP contribution in [0.4, 0.5) is 0 Å². The van der Waals surface area contributed by atoms with Crippen LogP contribution in [0.15, 0.2) is 53.5 Å². The number of aliphatic imine (C=N–C) groups is 1. The van der Waals surface area contributed by atoms with Crippen molar-refractivity contribution < 1.29 is 9.53 Å². The van der Waals surface area contributed by atoms with E-state index in [1.54, 1.807) is 7.11 Å².